The van der Waals surface area contributed by atoms with Crippen LogP contribution in [0.4, 0.5) is 18.9 Å². The highest BCUT2D eigenvalue weighted by Crippen LogP contribution is 2.40. The summed E-state index contributed by atoms with van der Waals surface area (Å²) in [5.41, 5.74) is 0.626. The number of aromatic nitrogens is 2. The molecule has 3 heterocycles. The summed E-state index contributed by atoms with van der Waals surface area (Å²) in [6.07, 6.45) is -3.22. The molecule has 0 aliphatic rings. The van der Waals surface area contributed by atoms with Crippen LogP contribution in [0.25, 0.3) is 21.5 Å². The number of pyridine rings is 2. The maximum Gasteiger partial charge on any atom is 0.488 e. The number of alkyl halides is 3. The van der Waals surface area contributed by atoms with E-state index >= 15 is 0 Å². The third-order valence-electron chi connectivity index (χ3n) is 4.66. The fourth-order valence-corrected chi connectivity index (χ4v) is 4.14. The van der Waals surface area contributed by atoms with Gasteiger partial charge in [0.15, 0.2) is 0 Å². The van der Waals surface area contributed by atoms with E-state index in [1.807, 2.05) is 0 Å². The highest BCUT2D eigenvalue weighted by Gasteiger charge is 2.34. The van der Waals surface area contributed by atoms with E-state index < -0.39 is 24.9 Å². The van der Waals surface area contributed by atoms with Crippen molar-refractivity contribution in [3.05, 3.63) is 71.4 Å². The number of hydrogen-bond donors (Lipinski definition) is 3. The van der Waals surface area contributed by atoms with Gasteiger partial charge in [-0.15, -0.1) is 11.3 Å². The van der Waals surface area contributed by atoms with Crippen molar-refractivity contribution in [3.63, 3.8) is 0 Å². The molecule has 1 aromatic carbocycles. The Labute approximate surface area is 184 Å². The first kappa shape index (κ1) is 21.9. The normalized spacial score (nSPS) is 11.5. The van der Waals surface area contributed by atoms with E-state index in [0.717, 1.165) is 17.4 Å². The van der Waals surface area contributed by atoms with E-state index in [1.165, 1.54) is 23.7 Å². The first-order valence-electron chi connectivity index (χ1n) is 9.38. The second kappa shape index (κ2) is 8.69. The summed E-state index contributed by atoms with van der Waals surface area (Å²) in [6, 6.07) is 12.1. The number of rotatable bonds is 5. The molecule has 0 spiro atoms. The summed E-state index contributed by atoms with van der Waals surface area (Å²) in [4.78, 5) is 20.7. The lowest BCUT2D eigenvalue weighted by Crippen LogP contribution is -2.30. The van der Waals surface area contributed by atoms with Crippen LogP contribution in [0.1, 0.15) is 11.3 Å². The topological polar surface area (TPSA) is 95.3 Å². The molecule has 1 amide bonds. The Morgan fingerprint density at radius 3 is 2.62 bits per heavy atom. The summed E-state index contributed by atoms with van der Waals surface area (Å²) in [5, 5.41) is 23.2. The minimum Gasteiger partial charge on any atom is -0.423 e. The van der Waals surface area contributed by atoms with E-state index in [9.17, 15) is 28.0 Å². The average molecular weight is 457 g/mol. The molecule has 162 valence electrons. The predicted molar refractivity (Wildman–Crippen MR) is 116 cm³/mol. The van der Waals surface area contributed by atoms with Crippen molar-refractivity contribution < 1.29 is 28.0 Å². The number of fused-ring (bicyclic) bond motifs is 1. The monoisotopic (exact) mass is 457 g/mol. The Hall–Kier alpha value is -3.28. The Morgan fingerprint density at radius 1 is 1.12 bits per heavy atom. The SMILES string of the molecule is O=C(Cc1cccc(B(O)O)c1)Nc1csc2nc(C(F)(F)F)cc(-c3ccccn3)c12. The summed E-state index contributed by atoms with van der Waals surface area (Å²) < 4.78 is 40.1. The number of thiophene rings is 1. The quantitative estimate of drug-likeness (QED) is 0.400. The predicted octanol–water partition coefficient (Wildman–Crippen LogP) is 3.24. The van der Waals surface area contributed by atoms with Crippen LogP contribution in [0.5, 0.6) is 0 Å². The smallest absolute Gasteiger partial charge is 0.423 e. The molecular formula is C21H15BF3N3O3S. The molecule has 6 nitrogen and oxygen atoms in total. The van der Waals surface area contributed by atoms with Gasteiger partial charge in [0.05, 0.1) is 17.8 Å². The van der Waals surface area contributed by atoms with Gasteiger partial charge in [0.1, 0.15) is 10.5 Å². The number of halogens is 3. The van der Waals surface area contributed by atoms with Crippen LogP contribution in [-0.4, -0.2) is 33.0 Å². The average Bonchev–Trinajstić information content (AvgIpc) is 3.16. The summed E-state index contributed by atoms with van der Waals surface area (Å²) in [6.45, 7) is 0. The molecule has 0 saturated carbocycles. The minimum absolute atomic E-state index is 0.0646. The van der Waals surface area contributed by atoms with Gasteiger partial charge in [-0.1, -0.05) is 30.3 Å². The molecule has 32 heavy (non-hydrogen) atoms. The zero-order valence-corrected chi connectivity index (χ0v) is 17.1. The van der Waals surface area contributed by atoms with Gasteiger partial charge in [0, 0.05) is 22.5 Å². The maximum absolute atomic E-state index is 13.4. The zero-order valence-electron chi connectivity index (χ0n) is 16.3. The summed E-state index contributed by atoms with van der Waals surface area (Å²) in [5.74, 6) is -0.416. The number of nitrogens with zero attached hydrogens (tertiary/aromatic N) is 2. The van der Waals surface area contributed by atoms with E-state index in [1.54, 1.807) is 30.3 Å². The van der Waals surface area contributed by atoms with Crippen LogP contribution in [0.15, 0.2) is 60.1 Å². The molecule has 4 rings (SSSR count). The van der Waals surface area contributed by atoms with E-state index in [2.05, 4.69) is 15.3 Å². The van der Waals surface area contributed by atoms with Gasteiger partial charge < -0.3 is 15.4 Å². The number of anilines is 1. The van der Waals surface area contributed by atoms with E-state index in [-0.39, 0.29) is 22.3 Å². The molecule has 0 unspecified atom stereocenters. The van der Waals surface area contributed by atoms with E-state index in [4.69, 9.17) is 0 Å². The van der Waals surface area contributed by atoms with Gasteiger partial charge in [-0.3, -0.25) is 9.78 Å². The van der Waals surface area contributed by atoms with Crippen molar-refractivity contribution in [1.29, 1.82) is 0 Å². The first-order valence-corrected chi connectivity index (χ1v) is 10.3. The van der Waals surface area contributed by atoms with Crippen molar-refractivity contribution in [3.8, 4) is 11.3 Å². The highest BCUT2D eigenvalue weighted by atomic mass is 32.1. The number of nitrogens with one attached hydrogen (secondary N) is 1. The van der Waals surface area contributed by atoms with Crippen molar-refractivity contribution in [2.75, 3.05) is 5.32 Å². The lowest BCUT2D eigenvalue weighted by Gasteiger charge is -2.11. The molecule has 0 saturated heterocycles. The Bertz CT molecular complexity index is 1280. The molecule has 0 bridgehead atoms. The lowest BCUT2D eigenvalue weighted by molar-refractivity contribution is -0.140. The van der Waals surface area contributed by atoms with Crippen LogP contribution in [0.3, 0.4) is 0 Å². The Kier molecular flexibility index (Phi) is 5.96. The van der Waals surface area contributed by atoms with Crippen LogP contribution in [0.2, 0.25) is 0 Å². The fraction of sp³-hybridized carbons (Fsp3) is 0.0952. The van der Waals surface area contributed by atoms with Crippen LogP contribution in [0, 0.1) is 0 Å². The minimum atomic E-state index is -4.63. The number of carbonyl (C=O) groups excluding carboxylic acids is 1. The lowest BCUT2D eigenvalue weighted by atomic mass is 9.79. The standard InChI is InChI=1S/C21H15BF3N3O3S/c23-21(24,25)17-10-14(15-6-1-2-7-26-15)19-16(11-32-20(19)28-17)27-18(29)9-12-4-3-5-13(8-12)22(30)31/h1-8,10-11,30-31H,9H2,(H,27,29). The van der Waals surface area contributed by atoms with Crippen molar-refractivity contribution in [2.24, 2.45) is 0 Å². The largest absolute Gasteiger partial charge is 0.488 e. The highest BCUT2D eigenvalue weighted by molar-refractivity contribution is 7.17. The Morgan fingerprint density at radius 2 is 1.94 bits per heavy atom. The number of carbonyl (C=O) groups is 1. The molecule has 4 aromatic rings. The summed E-state index contributed by atoms with van der Waals surface area (Å²) >= 11 is 0.988. The molecular weight excluding hydrogens is 442 g/mol. The van der Waals surface area contributed by atoms with Crippen LogP contribution < -0.4 is 10.8 Å². The number of hydrogen-bond acceptors (Lipinski definition) is 6. The van der Waals surface area contributed by atoms with Gasteiger partial charge in [-0.05, 0) is 29.2 Å². The van der Waals surface area contributed by atoms with Crippen LogP contribution >= 0.6 is 11.3 Å². The van der Waals surface area contributed by atoms with Crippen molar-refractivity contribution >= 4 is 45.7 Å². The third kappa shape index (κ3) is 4.64. The molecule has 0 aliphatic carbocycles. The molecule has 3 N–H and O–H groups in total. The second-order valence-electron chi connectivity index (χ2n) is 6.94. The number of amides is 1. The van der Waals surface area contributed by atoms with Gasteiger partial charge in [-0.25, -0.2) is 4.98 Å². The first-order chi connectivity index (χ1) is 15.2. The molecule has 0 atom stereocenters. The van der Waals surface area contributed by atoms with Crippen LogP contribution in [-0.2, 0) is 17.4 Å². The number of benzene rings is 1. The van der Waals surface area contributed by atoms with E-state index in [0.29, 0.717) is 22.3 Å². The van der Waals surface area contributed by atoms with Gasteiger partial charge in [0.25, 0.3) is 0 Å². The molecule has 3 aromatic heterocycles. The van der Waals surface area contributed by atoms with Crippen molar-refractivity contribution in [2.45, 2.75) is 12.6 Å². The van der Waals surface area contributed by atoms with Gasteiger partial charge in [-0.2, -0.15) is 13.2 Å². The second-order valence-corrected chi connectivity index (χ2v) is 7.80. The third-order valence-corrected chi connectivity index (χ3v) is 5.54. The zero-order chi connectivity index (χ0) is 22.9. The van der Waals surface area contributed by atoms with Crippen molar-refractivity contribution in [1.82, 2.24) is 9.97 Å². The van der Waals surface area contributed by atoms with Gasteiger partial charge in [0.2, 0.25) is 5.91 Å². The molecule has 0 radical (unpaired) electrons. The maximum atomic E-state index is 13.4. The molecule has 0 aliphatic heterocycles. The molecule has 11 heteroatoms. The Balaban J connectivity index is 1.71. The summed E-state index contributed by atoms with van der Waals surface area (Å²) in [7, 11) is -1.66. The fourth-order valence-electron chi connectivity index (χ4n) is 3.25. The molecule has 0 fully saturated rings. The van der Waals surface area contributed by atoms with Gasteiger partial charge >= 0.3 is 13.3 Å².